The zero-order chi connectivity index (χ0) is 10.8. The lowest BCUT2D eigenvalue weighted by Gasteiger charge is -2.26. The molecule has 1 aliphatic rings. The van der Waals surface area contributed by atoms with E-state index in [-0.39, 0.29) is 0 Å². The molecule has 3 N–H and O–H groups in total. The van der Waals surface area contributed by atoms with Crippen LogP contribution < -0.4 is 11.1 Å². The van der Waals surface area contributed by atoms with Crippen LogP contribution in [0.3, 0.4) is 0 Å². The fraction of sp³-hybridized carbons (Fsp3) is 0.538. The third-order valence-electron chi connectivity index (χ3n) is 3.34. The first-order chi connectivity index (χ1) is 7.18. The maximum absolute atomic E-state index is 5.90. The summed E-state index contributed by atoms with van der Waals surface area (Å²) in [5.41, 5.74) is 10.8. The molecule has 1 fully saturated rings. The molecule has 0 saturated carbocycles. The molecule has 0 radical (unpaired) electrons. The highest BCUT2D eigenvalue weighted by molar-refractivity contribution is 5.52. The van der Waals surface area contributed by atoms with Gasteiger partial charge in [0.1, 0.15) is 0 Å². The standard InChI is InChI=1S/C13H20N2/c1-9-8-12(14)10(2)7-11(9)13-5-3-4-6-15-13/h7-8,13,15H,3-6,14H2,1-2H3. The Balaban J connectivity index is 2.30. The fourth-order valence-corrected chi connectivity index (χ4v) is 2.35. The highest BCUT2D eigenvalue weighted by Gasteiger charge is 2.16. The minimum atomic E-state index is 0.540. The lowest BCUT2D eigenvalue weighted by molar-refractivity contribution is 0.411. The van der Waals surface area contributed by atoms with E-state index in [9.17, 15) is 0 Å². The van der Waals surface area contributed by atoms with Crippen molar-refractivity contribution in [3.05, 3.63) is 28.8 Å². The predicted molar refractivity (Wildman–Crippen MR) is 64.9 cm³/mol. The van der Waals surface area contributed by atoms with Gasteiger partial charge in [-0.3, -0.25) is 0 Å². The number of hydrogen-bond acceptors (Lipinski definition) is 2. The Kier molecular flexibility index (Phi) is 2.96. The number of aryl methyl sites for hydroxylation is 2. The number of nitrogen functional groups attached to an aromatic ring is 1. The zero-order valence-electron chi connectivity index (χ0n) is 9.64. The van der Waals surface area contributed by atoms with Crippen LogP contribution in [0.25, 0.3) is 0 Å². The van der Waals surface area contributed by atoms with Crippen LogP contribution in [0.1, 0.15) is 42.0 Å². The van der Waals surface area contributed by atoms with Gasteiger partial charge in [-0.25, -0.2) is 0 Å². The molecule has 1 heterocycles. The average molecular weight is 204 g/mol. The van der Waals surface area contributed by atoms with Crippen LogP contribution in [0.2, 0.25) is 0 Å². The van der Waals surface area contributed by atoms with Crippen molar-refractivity contribution < 1.29 is 0 Å². The molecule has 2 rings (SSSR count). The number of nitrogens with two attached hydrogens (primary N) is 1. The van der Waals surface area contributed by atoms with Gasteiger partial charge in [0, 0.05) is 11.7 Å². The Morgan fingerprint density at radius 3 is 2.67 bits per heavy atom. The third-order valence-corrected chi connectivity index (χ3v) is 3.34. The van der Waals surface area contributed by atoms with E-state index in [1.165, 1.54) is 36.0 Å². The zero-order valence-corrected chi connectivity index (χ0v) is 9.64. The normalized spacial score (nSPS) is 21.6. The quantitative estimate of drug-likeness (QED) is 0.690. The van der Waals surface area contributed by atoms with E-state index in [4.69, 9.17) is 5.73 Å². The van der Waals surface area contributed by atoms with Crippen molar-refractivity contribution in [2.24, 2.45) is 0 Å². The summed E-state index contributed by atoms with van der Waals surface area (Å²) in [7, 11) is 0. The van der Waals surface area contributed by atoms with Crippen molar-refractivity contribution in [1.82, 2.24) is 5.32 Å². The number of benzene rings is 1. The number of rotatable bonds is 1. The Morgan fingerprint density at radius 2 is 2.00 bits per heavy atom. The molecular formula is C13H20N2. The maximum atomic E-state index is 5.90. The fourth-order valence-electron chi connectivity index (χ4n) is 2.35. The summed E-state index contributed by atoms with van der Waals surface area (Å²) in [6.45, 7) is 5.38. The minimum absolute atomic E-state index is 0.540. The molecule has 2 heteroatoms. The first-order valence-corrected chi connectivity index (χ1v) is 5.78. The third kappa shape index (κ3) is 2.15. The van der Waals surface area contributed by atoms with Gasteiger partial charge in [-0.15, -0.1) is 0 Å². The van der Waals surface area contributed by atoms with Crippen LogP contribution in [-0.4, -0.2) is 6.54 Å². The smallest absolute Gasteiger partial charge is 0.0346 e. The molecule has 0 bridgehead atoms. The van der Waals surface area contributed by atoms with Crippen molar-refractivity contribution in [3.8, 4) is 0 Å². The summed E-state index contributed by atoms with van der Waals surface area (Å²) in [4.78, 5) is 0. The van der Waals surface area contributed by atoms with Gasteiger partial charge in [0.25, 0.3) is 0 Å². The molecule has 1 aliphatic heterocycles. The molecule has 0 aromatic heterocycles. The summed E-state index contributed by atoms with van der Waals surface area (Å²) < 4.78 is 0. The lowest BCUT2D eigenvalue weighted by atomic mass is 9.92. The van der Waals surface area contributed by atoms with Crippen LogP contribution >= 0.6 is 0 Å². The van der Waals surface area contributed by atoms with Crippen LogP contribution in [-0.2, 0) is 0 Å². The monoisotopic (exact) mass is 204 g/mol. The number of hydrogen-bond donors (Lipinski definition) is 2. The predicted octanol–water partition coefficient (Wildman–Crippen LogP) is 2.70. The van der Waals surface area contributed by atoms with Gasteiger partial charge < -0.3 is 11.1 Å². The first kappa shape index (κ1) is 10.5. The number of anilines is 1. The average Bonchev–Trinajstić information content (AvgIpc) is 2.25. The largest absolute Gasteiger partial charge is 0.399 e. The number of piperidine rings is 1. The topological polar surface area (TPSA) is 38.0 Å². The Bertz CT molecular complexity index is 352. The van der Waals surface area contributed by atoms with E-state index >= 15 is 0 Å². The van der Waals surface area contributed by atoms with Crippen LogP contribution in [0.5, 0.6) is 0 Å². The van der Waals surface area contributed by atoms with Gasteiger partial charge in [0.05, 0.1) is 0 Å². The van der Waals surface area contributed by atoms with E-state index in [1.807, 2.05) is 0 Å². The summed E-state index contributed by atoms with van der Waals surface area (Å²) in [5, 5.41) is 3.58. The summed E-state index contributed by atoms with van der Waals surface area (Å²) >= 11 is 0. The second-order valence-electron chi connectivity index (χ2n) is 4.57. The van der Waals surface area contributed by atoms with Gasteiger partial charge >= 0.3 is 0 Å². The maximum Gasteiger partial charge on any atom is 0.0346 e. The molecule has 1 saturated heterocycles. The molecule has 1 aromatic carbocycles. The van der Waals surface area contributed by atoms with E-state index in [1.54, 1.807) is 0 Å². The SMILES string of the molecule is Cc1cc(C2CCCCN2)c(C)cc1N. The van der Waals surface area contributed by atoms with Crippen molar-refractivity contribution in [2.45, 2.75) is 39.2 Å². The summed E-state index contributed by atoms with van der Waals surface area (Å²) in [5.74, 6) is 0. The van der Waals surface area contributed by atoms with E-state index in [0.717, 1.165) is 12.2 Å². The first-order valence-electron chi connectivity index (χ1n) is 5.78. The Morgan fingerprint density at radius 1 is 1.20 bits per heavy atom. The van der Waals surface area contributed by atoms with Gasteiger partial charge in [-0.2, -0.15) is 0 Å². The van der Waals surface area contributed by atoms with Crippen molar-refractivity contribution in [1.29, 1.82) is 0 Å². The van der Waals surface area contributed by atoms with Crippen LogP contribution in [0, 0.1) is 13.8 Å². The van der Waals surface area contributed by atoms with Crippen LogP contribution in [0.15, 0.2) is 12.1 Å². The van der Waals surface area contributed by atoms with Crippen LogP contribution in [0.4, 0.5) is 5.69 Å². The molecule has 82 valence electrons. The molecule has 2 nitrogen and oxygen atoms in total. The molecule has 1 atom stereocenters. The molecule has 0 amide bonds. The highest BCUT2D eigenvalue weighted by Crippen LogP contribution is 2.28. The molecular weight excluding hydrogens is 184 g/mol. The minimum Gasteiger partial charge on any atom is -0.399 e. The summed E-state index contributed by atoms with van der Waals surface area (Å²) in [6.07, 6.45) is 3.90. The Labute approximate surface area is 91.9 Å². The van der Waals surface area contributed by atoms with E-state index < -0.39 is 0 Å². The van der Waals surface area contributed by atoms with E-state index in [2.05, 4.69) is 31.3 Å². The van der Waals surface area contributed by atoms with E-state index in [0.29, 0.717) is 6.04 Å². The molecule has 15 heavy (non-hydrogen) atoms. The van der Waals surface area contributed by atoms with Gasteiger partial charge in [-0.05, 0) is 56.0 Å². The second-order valence-corrected chi connectivity index (χ2v) is 4.57. The van der Waals surface area contributed by atoms with Gasteiger partial charge in [0.2, 0.25) is 0 Å². The molecule has 1 unspecified atom stereocenters. The molecule has 1 aromatic rings. The number of nitrogens with one attached hydrogen (secondary N) is 1. The van der Waals surface area contributed by atoms with Crippen molar-refractivity contribution >= 4 is 5.69 Å². The van der Waals surface area contributed by atoms with Gasteiger partial charge in [0.15, 0.2) is 0 Å². The second kappa shape index (κ2) is 4.23. The molecule has 0 aliphatic carbocycles. The van der Waals surface area contributed by atoms with Crippen molar-refractivity contribution in [3.63, 3.8) is 0 Å². The Hall–Kier alpha value is -1.02. The van der Waals surface area contributed by atoms with Crippen molar-refractivity contribution in [2.75, 3.05) is 12.3 Å². The lowest BCUT2D eigenvalue weighted by Crippen LogP contribution is -2.27. The summed E-state index contributed by atoms with van der Waals surface area (Å²) in [6, 6.07) is 4.88. The van der Waals surface area contributed by atoms with Gasteiger partial charge in [-0.1, -0.05) is 12.5 Å². The molecule has 0 spiro atoms. The highest BCUT2D eigenvalue weighted by atomic mass is 14.9.